The molecule has 0 atom stereocenters. The van der Waals surface area contributed by atoms with Crippen molar-refractivity contribution in [3.05, 3.63) is 86.5 Å². The van der Waals surface area contributed by atoms with Crippen LogP contribution in [0.15, 0.2) is 64.5 Å². The van der Waals surface area contributed by atoms with Gasteiger partial charge in [0, 0.05) is 11.0 Å². The van der Waals surface area contributed by atoms with E-state index < -0.39 is 5.41 Å². The highest BCUT2D eigenvalue weighted by Crippen LogP contribution is 2.18. The zero-order chi connectivity index (χ0) is 20.1. The molecule has 1 aromatic heterocycles. The molecule has 3 aromatic rings. The van der Waals surface area contributed by atoms with Gasteiger partial charge in [0.25, 0.3) is 5.56 Å². The van der Waals surface area contributed by atoms with Gasteiger partial charge in [-0.15, -0.1) is 0 Å². The van der Waals surface area contributed by atoms with E-state index in [0.717, 1.165) is 15.8 Å². The van der Waals surface area contributed by atoms with Crippen molar-refractivity contribution in [2.45, 2.75) is 32.8 Å². The average molecular weight is 395 g/mol. The van der Waals surface area contributed by atoms with E-state index >= 15 is 0 Å². The first kappa shape index (κ1) is 19.7. The summed E-state index contributed by atoms with van der Waals surface area (Å²) in [6.07, 6.45) is 1.57. The summed E-state index contributed by atoms with van der Waals surface area (Å²) < 4.78 is 7.21. The molecule has 7 heteroatoms. The molecule has 0 bridgehead atoms. The van der Waals surface area contributed by atoms with Crippen LogP contribution in [0, 0.1) is 4.77 Å². The van der Waals surface area contributed by atoms with Gasteiger partial charge in [-0.25, -0.2) is 0 Å². The Bertz CT molecular complexity index is 1100. The lowest BCUT2D eigenvalue weighted by Gasteiger charge is -2.16. The van der Waals surface area contributed by atoms with Crippen molar-refractivity contribution in [1.82, 2.24) is 14.9 Å². The first-order valence-electron chi connectivity index (χ1n) is 8.88. The quantitative estimate of drug-likeness (QED) is 0.523. The van der Waals surface area contributed by atoms with Gasteiger partial charge in [0.15, 0.2) is 0 Å². The first-order valence-corrected chi connectivity index (χ1v) is 9.29. The highest BCUT2D eigenvalue weighted by atomic mass is 32.1. The minimum atomic E-state index is -0.426. The van der Waals surface area contributed by atoms with E-state index in [4.69, 9.17) is 17.0 Å². The Morgan fingerprint density at radius 3 is 2.54 bits per heavy atom. The number of aromatic nitrogens is 3. The molecule has 0 aliphatic rings. The van der Waals surface area contributed by atoms with Crippen LogP contribution >= 0.6 is 12.2 Å². The van der Waals surface area contributed by atoms with Crippen molar-refractivity contribution >= 4 is 18.4 Å². The number of nitrogens with zero attached hydrogens (tertiary/aromatic N) is 3. The van der Waals surface area contributed by atoms with E-state index in [9.17, 15) is 4.79 Å². The molecule has 0 radical (unpaired) electrons. The Morgan fingerprint density at radius 1 is 1.14 bits per heavy atom. The molecule has 0 spiro atoms. The fraction of sp³-hybridized carbons (Fsp3) is 0.238. The van der Waals surface area contributed by atoms with Crippen LogP contribution in [-0.2, 0) is 12.0 Å². The minimum Gasteiger partial charge on any atom is -0.488 e. The minimum absolute atomic E-state index is 0.136. The zero-order valence-electron chi connectivity index (χ0n) is 16.0. The lowest BCUT2D eigenvalue weighted by atomic mass is 9.93. The lowest BCUT2D eigenvalue weighted by molar-refractivity contribution is 0.306. The van der Waals surface area contributed by atoms with E-state index in [1.54, 1.807) is 6.21 Å². The SMILES string of the molecule is CC(C)(C)c1n[nH]c(=S)n(/N=C\c2ccccc2OCc2ccccc2)c1=O. The Balaban J connectivity index is 1.90. The Labute approximate surface area is 168 Å². The van der Waals surface area contributed by atoms with E-state index in [1.807, 2.05) is 75.4 Å². The number of hydrogen-bond acceptors (Lipinski definition) is 5. The predicted molar refractivity (Wildman–Crippen MR) is 113 cm³/mol. The average Bonchev–Trinajstić information content (AvgIpc) is 2.66. The summed E-state index contributed by atoms with van der Waals surface area (Å²) in [5, 5.41) is 11.1. The molecule has 0 fully saturated rings. The standard InChI is InChI=1S/C21H22N4O2S/c1-21(2,3)18-19(26)25(20(28)24-23-18)22-13-16-11-7-8-12-17(16)27-14-15-9-5-4-6-10-15/h4-13H,14H2,1-3H3,(H,24,28)/b22-13-. The third-order valence-electron chi connectivity index (χ3n) is 4.03. The maximum Gasteiger partial charge on any atom is 0.297 e. The molecule has 0 aliphatic carbocycles. The van der Waals surface area contributed by atoms with Crippen molar-refractivity contribution in [2.75, 3.05) is 0 Å². The zero-order valence-corrected chi connectivity index (χ0v) is 16.9. The van der Waals surface area contributed by atoms with Crippen LogP contribution in [0.2, 0.25) is 0 Å². The van der Waals surface area contributed by atoms with Gasteiger partial charge in [-0.1, -0.05) is 63.2 Å². The molecule has 0 saturated heterocycles. The van der Waals surface area contributed by atoms with Crippen LogP contribution in [0.4, 0.5) is 0 Å². The van der Waals surface area contributed by atoms with Gasteiger partial charge < -0.3 is 4.74 Å². The molecular formula is C21H22N4O2S. The number of aromatic amines is 1. The molecule has 0 unspecified atom stereocenters. The highest BCUT2D eigenvalue weighted by Gasteiger charge is 2.21. The van der Waals surface area contributed by atoms with Crippen molar-refractivity contribution in [1.29, 1.82) is 0 Å². The first-order chi connectivity index (χ1) is 13.4. The maximum absolute atomic E-state index is 12.7. The van der Waals surface area contributed by atoms with Crippen LogP contribution in [0.1, 0.15) is 37.6 Å². The summed E-state index contributed by atoms with van der Waals surface area (Å²) in [6.45, 7) is 6.17. The van der Waals surface area contributed by atoms with Gasteiger partial charge in [0.1, 0.15) is 18.1 Å². The predicted octanol–water partition coefficient (Wildman–Crippen LogP) is 4.06. The Hall–Kier alpha value is -3.06. The third kappa shape index (κ3) is 4.61. The highest BCUT2D eigenvalue weighted by molar-refractivity contribution is 7.71. The fourth-order valence-electron chi connectivity index (χ4n) is 2.56. The molecule has 1 heterocycles. The van der Waals surface area contributed by atoms with E-state index in [2.05, 4.69) is 15.3 Å². The van der Waals surface area contributed by atoms with Crippen molar-refractivity contribution < 1.29 is 4.74 Å². The molecule has 144 valence electrons. The summed E-state index contributed by atoms with van der Waals surface area (Å²) in [5.74, 6) is 0.670. The second kappa shape index (κ2) is 8.31. The maximum atomic E-state index is 12.7. The normalized spacial score (nSPS) is 11.7. The molecular weight excluding hydrogens is 372 g/mol. The Kier molecular flexibility index (Phi) is 5.84. The van der Waals surface area contributed by atoms with Gasteiger partial charge >= 0.3 is 0 Å². The van der Waals surface area contributed by atoms with E-state index in [0.29, 0.717) is 18.1 Å². The van der Waals surface area contributed by atoms with Crippen LogP contribution in [0.25, 0.3) is 0 Å². The van der Waals surface area contributed by atoms with E-state index in [-0.39, 0.29) is 10.3 Å². The van der Waals surface area contributed by atoms with Gasteiger partial charge in [0.2, 0.25) is 4.77 Å². The van der Waals surface area contributed by atoms with Crippen LogP contribution in [0.3, 0.4) is 0 Å². The summed E-state index contributed by atoms with van der Waals surface area (Å²) in [7, 11) is 0. The Morgan fingerprint density at radius 2 is 1.82 bits per heavy atom. The molecule has 0 aliphatic heterocycles. The van der Waals surface area contributed by atoms with Gasteiger partial charge in [-0.2, -0.15) is 14.9 Å². The van der Waals surface area contributed by atoms with Crippen molar-refractivity contribution in [3.63, 3.8) is 0 Å². The van der Waals surface area contributed by atoms with Crippen LogP contribution in [0.5, 0.6) is 5.75 Å². The number of para-hydroxylation sites is 1. The van der Waals surface area contributed by atoms with E-state index in [1.165, 1.54) is 0 Å². The number of ether oxygens (including phenoxy) is 1. The smallest absolute Gasteiger partial charge is 0.297 e. The van der Waals surface area contributed by atoms with Crippen LogP contribution < -0.4 is 10.3 Å². The topological polar surface area (TPSA) is 72.3 Å². The third-order valence-corrected chi connectivity index (χ3v) is 4.29. The second-order valence-electron chi connectivity index (χ2n) is 7.30. The molecule has 3 rings (SSSR count). The number of nitrogens with one attached hydrogen (secondary N) is 1. The molecule has 0 amide bonds. The summed E-state index contributed by atoms with van der Waals surface area (Å²) >= 11 is 5.19. The number of H-pyrrole nitrogens is 1. The lowest BCUT2D eigenvalue weighted by Crippen LogP contribution is -2.32. The molecule has 1 N–H and O–H groups in total. The van der Waals surface area contributed by atoms with Gasteiger partial charge in [-0.05, 0) is 29.9 Å². The summed E-state index contributed by atoms with van der Waals surface area (Å²) in [4.78, 5) is 12.7. The van der Waals surface area contributed by atoms with Gasteiger partial charge in [0.05, 0.1) is 6.21 Å². The van der Waals surface area contributed by atoms with Crippen LogP contribution in [-0.4, -0.2) is 21.1 Å². The summed E-state index contributed by atoms with van der Waals surface area (Å²) in [5.41, 5.74) is 1.41. The number of rotatable bonds is 5. The molecule has 28 heavy (non-hydrogen) atoms. The second-order valence-corrected chi connectivity index (χ2v) is 7.69. The molecule has 0 saturated carbocycles. The number of hydrogen-bond donors (Lipinski definition) is 1. The van der Waals surface area contributed by atoms with Crippen molar-refractivity contribution in [2.24, 2.45) is 5.10 Å². The molecule has 6 nitrogen and oxygen atoms in total. The monoisotopic (exact) mass is 394 g/mol. The number of benzene rings is 2. The fourth-order valence-corrected chi connectivity index (χ4v) is 2.73. The van der Waals surface area contributed by atoms with Crippen molar-refractivity contribution in [3.8, 4) is 5.75 Å². The molecule has 2 aromatic carbocycles. The largest absolute Gasteiger partial charge is 0.488 e. The van der Waals surface area contributed by atoms with Gasteiger partial charge in [-0.3, -0.25) is 9.89 Å². The summed E-state index contributed by atoms with van der Waals surface area (Å²) in [6, 6.07) is 17.4.